The number of carbonyl (C=O) groups excluding carboxylic acids is 1. The number of aryl methyl sites for hydroxylation is 1. The lowest BCUT2D eigenvalue weighted by atomic mass is 9.98. The standard InChI is InChI=1S/C15H25N3O2/c1-3-6-12-7-4-5-8-18(12)10-13-9-14(11(2)20-13)15(19)17-16/h9,12H,3-8,10,16H2,1-2H3,(H,17,19). The van der Waals surface area contributed by atoms with Gasteiger partial charge in [-0.15, -0.1) is 0 Å². The van der Waals surface area contributed by atoms with Crippen LogP contribution in [0.15, 0.2) is 10.5 Å². The molecule has 1 fully saturated rings. The average molecular weight is 279 g/mol. The summed E-state index contributed by atoms with van der Waals surface area (Å²) in [5, 5.41) is 0. The number of hydrazine groups is 1. The minimum absolute atomic E-state index is 0.291. The number of likely N-dealkylation sites (tertiary alicyclic amines) is 1. The van der Waals surface area contributed by atoms with Crippen LogP contribution < -0.4 is 11.3 Å². The van der Waals surface area contributed by atoms with Crippen LogP contribution in [0.25, 0.3) is 0 Å². The van der Waals surface area contributed by atoms with Crippen molar-refractivity contribution < 1.29 is 9.21 Å². The monoisotopic (exact) mass is 279 g/mol. The smallest absolute Gasteiger partial charge is 0.268 e. The van der Waals surface area contributed by atoms with Crippen LogP contribution in [-0.2, 0) is 6.54 Å². The van der Waals surface area contributed by atoms with Gasteiger partial charge in [-0.3, -0.25) is 15.1 Å². The Morgan fingerprint density at radius 2 is 2.35 bits per heavy atom. The van der Waals surface area contributed by atoms with Crippen molar-refractivity contribution >= 4 is 5.91 Å². The Balaban J connectivity index is 2.06. The van der Waals surface area contributed by atoms with Gasteiger partial charge >= 0.3 is 0 Å². The molecule has 0 saturated carbocycles. The summed E-state index contributed by atoms with van der Waals surface area (Å²) in [4.78, 5) is 14.1. The molecule has 0 aliphatic carbocycles. The van der Waals surface area contributed by atoms with Gasteiger partial charge in [0.2, 0.25) is 0 Å². The van der Waals surface area contributed by atoms with Crippen molar-refractivity contribution in [3.63, 3.8) is 0 Å². The van der Waals surface area contributed by atoms with Gasteiger partial charge in [0.1, 0.15) is 11.5 Å². The molecule has 1 aromatic rings. The maximum Gasteiger partial charge on any atom is 0.268 e. The van der Waals surface area contributed by atoms with Crippen molar-refractivity contribution in [2.45, 2.75) is 58.5 Å². The number of rotatable bonds is 5. The second-order valence-corrected chi connectivity index (χ2v) is 5.56. The van der Waals surface area contributed by atoms with E-state index in [9.17, 15) is 4.79 Å². The van der Waals surface area contributed by atoms with Crippen molar-refractivity contribution in [2.75, 3.05) is 6.54 Å². The Bertz CT molecular complexity index is 454. The third-order valence-electron chi connectivity index (χ3n) is 4.07. The maximum atomic E-state index is 11.6. The molecular weight excluding hydrogens is 254 g/mol. The zero-order valence-electron chi connectivity index (χ0n) is 12.4. The first-order chi connectivity index (χ1) is 9.65. The topological polar surface area (TPSA) is 71.5 Å². The minimum Gasteiger partial charge on any atom is -0.464 e. The molecule has 1 amide bonds. The summed E-state index contributed by atoms with van der Waals surface area (Å²) in [6.45, 7) is 5.92. The number of hydrogen-bond donors (Lipinski definition) is 2. The minimum atomic E-state index is -0.291. The molecule has 1 aliphatic rings. The third-order valence-corrected chi connectivity index (χ3v) is 4.07. The SMILES string of the molecule is CCCC1CCCCN1Cc1cc(C(=O)NN)c(C)o1. The molecule has 0 spiro atoms. The second kappa shape index (κ2) is 6.90. The second-order valence-electron chi connectivity index (χ2n) is 5.56. The fourth-order valence-electron chi connectivity index (χ4n) is 3.05. The molecule has 0 bridgehead atoms. The Morgan fingerprint density at radius 1 is 1.55 bits per heavy atom. The number of nitrogen functional groups attached to an aromatic ring is 1. The molecule has 5 nitrogen and oxygen atoms in total. The van der Waals surface area contributed by atoms with Crippen molar-refractivity contribution in [3.05, 3.63) is 23.2 Å². The van der Waals surface area contributed by atoms with Gasteiger partial charge in [0.15, 0.2) is 0 Å². The van der Waals surface area contributed by atoms with Gasteiger partial charge < -0.3 is 4.42 Å². The van der Waals surface area contributed by atoms with Gasteiger partial charge in [-0.25, -0.2) is 5.84 Å². The highest BCUT2D eigenvalue weighted by Gasteiger charge is 2.23. The molecule has 2 heterocycles. The number of furan rings is 1. The van der Waals surface area contributed by atoms with Crippen LogP contribution in [0, 0.1) is 6.92 Å². The maximum absolute atomic E-state index is 11.6. The van der Waals surface area contributed by atoms with E-state index >= 15 is 0 Å². The summed E-state index contributed by atoms with van der Waals surface area (Å²) in [6, 6.07) is 2.46. The summed E-state index contributed by atoms with van der Waals surface area (Å²) >= 11 is 0. The van der Waals surface area contributed by atoms with Gasteiger partial charge in [0, 0.05) is 6.04 Å². The molecule has 1 atom stereocenters. The van der Waals surface area contributed by atoms with E-state index in [2.05, 4.69) is 17.2 Å². The van der Waals surface area contributed by atoms with Gasteiger partial charge in [0.05, 0.1) is 12.1 Å². The highest BCUT2D eigenvalue weighted by atomic mass is 16.3. The first kappa shape index (κ1) is 15.1. The van der Waals surface area contributed by atoms with E-state index < -0.39 is 0 Å². The van der Waals surface area contributed by atoms with E-state index in [1.807, 2.05) is 6.07 Å². The molecule has 3 N–H and O–H groups in total. The molecule has 5 heteroatoms. The predicted octanol–water partition coefficient (Wildman–Crippen LogP) is 2.35. The molecule has 0 aromatic carbocycles. The van der Waals surface area contributed by atoms with Crippen molar-refractivity contribution in [3.8, 4) is 0 Å². The summed E-state index contributed by atoms with van der Waals surface area (Å²) in [5.74, 6) is 6.37. The van der Waals surface area contributed by atoms with Crippen LogP contribution in [0.1, 0.15) is 60.9 Å². The summed E-state index contributed by atoms with van der Waals surface area (Å²) in [7, 11) is 0. The first-order valence-electron chi connectivity index (χ1n) is 7.50. The van der Waals surface area contributed by atoms with E-state index in [0.29, 0.717) is 17.4 Å². The van der Waals surface area contributed by atoms with Crippen molar-refractivity contribution in [2.24, 2.45) is 5.84 Å². The Morgan fingerprint density at radius 3 is 3.05 bits per heavy atom. The first-order valence-corrected chi connectivity index (χ1v) is 7.50. The molecule has 1 aliphatic heterocycles. The normalized spacial score (nSPS) is 20.1. The molecule has 2 rings (SSSR count). The van der Waals surface area contributed by atoms with Gasteiger partial charge in [-0.2, -0.15) is 0 Å². The number of nitrogens with zero attached hydrogens (tertiary/aromatic N) is 1. The Hall–Kier alpha value is -1.33. The zero-order valence-corrected chi connectivity index (χ0v) is 12.4. The molecule has 0 radical (unpaired) electrons. The lowest BCUT2D eigenvalue weighted by Crippen LogP contribution is -2.38. The van der Waals surface area contributed by atoms with E-state index in [4.69, 9.17) is 10.3 Å². The van der Waals surface area contributed by atoms with Gasteiger partial charge in [0.25, 0.3) is 5.91 Å². The lowest BCUT2D eigenvalue weighted by molar-refractivity contribution is 0.0952. The molecular formula is C15H25N3O2. The zero-order chi connectivity index (χ0) is 14.5. The fourth-order valence-corrected chi connectivity index (χ4v) is 3.05. The average Bonchev–Trinajstić information content (AvgIpc) is 2.81. The van der Waals surface area contributed by atoms with Crippen molar-refractivity contribution in [1.29, 1.82) is 0 Å². The highest BCUT2D eigenvalue weighted by Crippen LogP contribution is 2.24. The van der Waals surface area contributed by atoms with Gasteiger partial charge in [-0.05, 0) is 38.8 Å². The van der Waals surface area contributed by atoms with E-state index in [0.717, 1.165) is 18.8 Å². The predicted molar refractivity (Wildman–Crippen MR) is 78.1 cm³/mol. The van der Waals surface area contributed by atoms with E-state index in [-0.39, 0.29) is 5.91 Å². The number of carbonyl (C=O) groups is 1. The fraction of sp³-hybridized carbons (Fsp3) is 0.667. The summed E-state index contributed by atoms with van der Waals surface area (Å²) in [5.41, 5.74) is 2.69. The Labute approximate surface area is 120 Å². The number of nitrogens with one attached hydrogen (secondary N) is 1. The molecule has 1 unspecified atom stereocenters. The molecule has 1 aromatic heterocycles. The van der Waals surface area contributed by atoms with Gasteiger partial charge in [-0.1, -0.05) is 19.8 Å². The number of nitrogens with two attached hydrogens (primary N) is 1. The van der Waals surface area contributed by atoms with Crippen LogP contribution >= 0.6 is 0 Å². The summed E-state index contributed by atoms with van der Waals surface area (Å²) < 4.78 is 5.71. The quantitative estimate of drug-likeness (QED) is 0.493. The van der Waals surface area contributed by atoms with Crippen LogP contribution in [0.3, 0.4) is 0 Å². The van der Waals surface area contributed by atoms with Crippen LogP contribution in [0.2, 0.25) is 0 Å². The molecule has 1 saturated heterocycles. The molecule has 20 heavy (non-hydrogen) atoms. The lowest BCUT2D eigenvalue weighted by Gasteiger charge is -2.35. The van der Waals surface area contributed by atoms with E-state index in [1.165, 1.54) is 32.1 Å². The number of amides is 1. The summed E-state index contributed by atoms with van der Waals surface area (Å²) in [6.07, 6.45) is 6.27. The van der Waals surface area contributed by atoms with E-state index in [1.54, 1.807) is 6.92 Å². The van der Waals surface area contributed by atoms with Crippen LogP contribution in [-0.4, -0.2) is 23.4 Å². The number of hydrogen-bond acceptors (Lipinski definition) is 4. The Kier molecular flexibility index (Phi) is 5.20. The third kappa shape index (κ3) is 3.41. The van der Waals surface area contributed by atoms with Crippen LogP contribution in [0.5, 0.6) is 0 Å². The van der Waals surface area contributed by atoms with Crippen LogP contribution in [0.4, 0.5) is 0 Å². The number of piperidine rings is 1. The highest BCUT2D eigenvalue weighted by molar-refractivity contribution is 5.94. The van der Waals surface area contributed by atoms with Crippen molar-refractivity contribution in [1.82, 2.24) is 10.3 Å². The molecule has 112 valence electrons. The largest absolute Gasteiger partial charge is 0.464 e.